The number of carbonyl (C=O) groups excluding carboxylic acids is 4. The number of fused-ring (bicyclic) bond motifs is 2. The lowest BCUT2D eigenvalue weighted by molar-refractivity contribution is -0.138. The van der Waals surface area contributed by atoms with Crippen molar-refractivity contribution in [2.45, 2.75) is 90.9 Å². The molecule has 2 aromatic carbocycles. The molecule has 18 nitrogen and oxygen atoms in total. The van der Waals surface area contributed by atoms with Crippen molar-refractivity contribution in [3.63, 3.8) is 0 Å². The maximum absolute atomic E-state index is 14.5. The second-order valence-electron chi connectivity index (χ2n) is 14.3. The van der Waals surface area contributed by atoms with E-state index in [9.17, 15) is 29.1 Å². The summed E-state index contributed by atoms with van der Waals surface area (Å²) in [7, 11) is 1.36. The van der Waals surface area contributed by atoms with Gasteiger partial charge in [0.1, 0.15) is 40.6 Å². The highest BCUT2D eigenvalue weighted by Crippen LogP contribution is 2.41. The third-order valence-electron chi connectivity index (χ3n) is 9.03. The first-order valence-electron chi connectivity index (χ1n) is 18.9. The Hall–Kier alpha value is -5.05. The normalized spacial score (nSPS) is 12.4. The van der Waals surface area contributed by atoms with Gasteiger partial charge in [0.15, 0.2) is 24.7 Å². The number of allylic oxidation sites excluding steroid dienone is 4. The lowest BCUT2D eigenvalue weighted by atomic mass is 9.98. The standard InChI is InChI=1S/C40H58N8O10/c1-20(2)10-12-22-28(56-18-26(49)35(52)24(41)8-6-14-47-39(43)44)16-30-33(34(22)51)37(54)32-23(13-11-21(3)4)38(55-5)31(17-29(32)58-30)57-19-27(50)36(53)25(42)9-7-15-48-40(45)46/h10-11,16-17,24-25,39-40,47-48,51H,6-9,12-15,18-19,41-46H2,1-5H3/t24-,25-/m0/s1. The van der Waals surface area contributed by atoms with Crippen LogP contribution in [0.4, 0.5) is 0 Å². The zero-order chi connectivity index (χ0) is 43.3. The molecule has 0 aliphatic heterocycles. The molecule has 15 N–H and O–H groups in total. The number of nitrogens with two attached hydrogens (primary N) is 6. The van der Waals surface area contributed by atoms with Crippen LogP contribution in [0.25, 0.3) is 21.9 Å². The number of hydrogen-bond donors (Lipinski definition) is 9. The fourth-order valence-corrected chi connectivity index (χ4v) is 5.95. The van der Waals surface area contributed by atoms with E-state index in [1.807, 2.05) is 33.8 Å². The van der Waals surface area contributed by atoms with Crippen LogP contribution in [-0.2, 0) is 32.0 Å². The minimum atomic E-state index is -1.09. The first-order chi connectivity index (χ1) is 27.4. The average Bonchev–Trinajstić information content (AvgIpc) is 3.16. The molecule has 3 aromatic rings. The number of aromatic hydroxyl groups is 1. The molecule has 0 saturated carbocycles. The minimum Gasteiger partial charge on any atom is -0.507 e. The highest BCUT2D eigenvalue weighted by molar-refractivity contribution is 6.40. The van der Waals surface area contributed by atoms with Gasteiger partial charge in [-0.3, -0.25) is 34.6 Å². The molecule has 0 unspecified atom stereocenters. The molecule has 0 spiro atoms. The molecule has 0 amide bonds. The summed E-state index contributed by atoms with van der Waals surface area (Å²) in [5.41, 5.74) is 35.4. The number of nitrogens with one attached hydrogen (secondary N) is 2. The lowest BCUT2D eigenvalue weighted by Gasteiger charge is -2.18. The fourth-order valence-electron chi connectivity index (χ4n) is 5.95. The van der Waals surface area contributed by atoms with Gasteiger partial charge in [0.2, 0.25) is 28.6 Å². The van der Waals surface area contributed by atoms with E-state index >= 15 is 0 Å². The van der Waals surface area contributed by atoms with Gasteiger partial charge in [-0.15, -0.1) is 0 Å². The summed E-state index contributed by atoms with van der Waals surface area (Å²) in [6, 6.07) is 0.525. The van der Waals surface area contributed by atoms with E-state index in [1.165, 1.54) is 19.2 Å². The number of phenols is 1. The van der Waals surface area contributed by atoms with Crippen LogP contribution in [0, 0.1) is 0 Å². The van der Waals surface area contributed by atoms with Crippen molar-refractivity contribution in [3.8, 4) is 23.0 Å². The molecule has 0 aliphatic rings. The number of methoxy groups -OCH3 is 1. The predicted octanol–water partition coefficient (Wildman–Crippen LogP) is 0.508. The van der Waals surface area contributed by atoms with Gasteiger partial charge in [-0.05, 0) is 79.3 Å². The van der Waals surface area contributed by atoms with E-state index in [2.05, 4.69) is 10.6 Å². The molecule has 0 aliphatic carbocycles. The highest BCUT2D eigenvalue weighted by Gasteiger charge is 2.28. The molecular formula is C40H58N8O10. The largest absolute Gasteiger partial charge is 0.507 e. The molecule has 58 heavy (non-hydrogen) atoms. The van der Waals surface area contributed by atoms with Crippen molar-refractivity contribution in [3.05, 3.63) is 56.8 Å². The molecule has 318 valence electrons. The summed E-state index contributed by atoms with van der Waals surface area (Å²) in [4.78, 5) is 65.9. The summed E-state index contributed by atoms with van der Waals surface area (Å²) >= 11 is 0. The molecule has 18 heteroatoms. The summed E-state index contributed by atoms with van der Waals surface area (Å²) in [6.45, 7) is 6.81. The third-order valence-corrected chi connectivity index (χ3v) is 9.03. The molecular weight excluding hydrogens is 752 g/mol. The number of hydrogen-bond acceptors (Lipinski definition) is 18. The zero-order valence-electron chi connectivity index (χ0n) is 33.8. The van der Waals surface area contributed by atoms with Crippen LogP contribution in [-0.4, -0.2) is 86.3 Å². The zero-order valence-corrected chi connectivity index (χ0v) is 33.8. The van der Waals surface area contributed by atoms with E-state index < -0.39 is 72.2 Å². The summed E-state index contributed by atoms with van der Waals surface area (Å²) in [5.74, 6) is -3.83. The van der Waals surface area contributed by atoms with E-state index in [0.717, 1.165) is 11.1 Å². The van der Waals surface area contributed by atoms with E-state index in [1.54, 1.807) is 6.08 Å². The van der Waals surface area contributed by atoms with Gasteiger partial charge in [0.05, 0.1) is 24.6 Å². The van der Waals surface area contributed by atoms with E-state index in [-0.39, 0.29) is 70.4 Å². The Morgan fingerprint density at radius 1 is 0.724 bits per heavy atom. The molecule has 1 heterocycles. The second kappa shape index (κ2) is 22.2. The van der Waals surface area contributed by atoms with Crippen LogP contribution in [0.5, 0.6) is 23.0 Å². The van der Waals surface area contributed by atoms with Gasteiger partial charge in [-0.25, -0.2) is 0 Å². The Labute approximate surface area is 336 Å². The SMILES string of the molecule is COc1c(OCC(=O)C(=O)[C@@H](N)CCCNC(N)N)cc2oc3cc(OCC(=O)C(=O)[C@@H](N)CCCNC(N)N)c(CC=C(C)C)c(O)c3c(=O)c2c1CC=C(C)C. The van der Waals surface area contributed by atoms with Crippen LogP contribution in [0.15, 0.2) is 44.6 Å². The van der Waals surface area contributed by atoms with Crippen LogP contribution in [0.2, 0.25) is 0 Å². The van der Waals surface area contributed by atoms with Crippen LogP contribution in [0.1, 0.15) is 64.5 Å². The van der Waals surface area contributed by atoms with E-state index in [4.69, 9.17) is 53.0 Å². The van der Waals surface area contributed by atoms with E-state index in [0.29, 0.717) is 31.5 Å². The maximum atomic E-state index is 14.5. The van der Waals surface area contributed by atoms with Gasteiger partial charge in [0, 0.05) is 23.3 Å². The smallest absolute Gasteiger partial charge is 0.237 e. The number of Topliss-reactive ketones (excluding diaryl/α,β-unsaturated/α-hetero) is 4. The van der Waals surface area contributed by atoms with Gasteiger partial charge >= 0.3 is 0 Å². The van der Waals surface area contributed by atoms with Gasteiger partial charge in [0.25, 0.3) is 0 Å². The maximum Gasteiger partial charge on any atom is 0.237 e. The molecule has 0 saturated heterocycles. The second-order valence-corrected chi connectivity index (χ2v) is 14.3. The molecule has 1 aromatic heterocycles. The first kappa shape index (κ1) is 47.3. The predicted molar refractivity (Wildman–Crippen MR) is 220 cm³/mol. The van der Waals surface area contributed by atoms with Crippen molar-refractivity contribution >= 4 is 45.1 Å². The summed E-state index contributed by atoms with van der Waals surface area (Å²) in [5, 5.41) is 17.2. The first-order valence-corrected chi connectivity index (χ1v) is 18.9. The number of phenolic OH excluding ortho intramolecular Hbond substituents is 1. The Bertz CT molecular complexity index is 2090. The van der Waals surface area contributed by atoms with Crippen molar-refractivity contribution in [1.29, 1.82) is 0 Å². The van der Waals surface area contributed by atoms with Crippen molar-refractivity contribution in [2.24, 2.45) is 34.4 Å². The van der Waals surface area contributed by atoms with Gasteiger partial charge in [-0.1, -0.05) is 23.3 Å². The molecule has 3 rings (SSSR count). The third kappa shape index (κ3) is 13.0. The summed E-state index contributed by atoms with van der Waals surface area (Å²) < 4.78 is 23.6. The lowest BCUT2D eigenvalue weighted by Crippen LogP contribution is -2.46. The Morgan fingerprint density at radius 3 is 1.64 bits per heavy atom. The minimum absolute atomic E-state index is 0.00347. The number of rotatable bonds is 25. The van der Waals surface area contributed by atoms with Gasteiger partial charge in [-0.2, -0.15) is 0 Å². The molecule has 0 radical (unpaired) electrons. The fraction of sp³-hybridized carbons (Fsp3) is 0.475. The Morgan fingerprint density at radius 2 is 1.17 bits per heavy atom. The van der Waals surface area contributed by atoms with Gasteiger partial charge < -0.3 is 58.1 Å². The quantitative estimate of drug-likeness (QED) is 0.0185. The van der Waals surface area contributed by atoms with Crippen LogP contribution in [0.3, 0.4) is 0 Å². The Kier molecular flexibility index (Phi) is 18.1. The number of carbonyl (C=O) groups is 4. The molecule has 0 bridgehead atoms. The number of ether oxygens (including phenoxy) is 3. The monoisotopic (exact) mass is 810 g/mol. The van der Waals surface area contributed by atoms with Crippen molar-refractivity contribution in [1.82, 2.24) is 10.6 Å². The van der Waals surface area contributed by atoms with Crippen LogP contribution < -0.4 is 64.7 Å². The molecule has 0 fully saturated rings. The van der Waals surface area contributed by atoms with Crippen molar-refractivity contribution in [2.75, 3.05) is 33.4 Å². The average molecular weight is 811 g/mol. The van der Waals surface area contributed by atoms with Crippen LogP contribution >= 0.6 is 0 Å². The van der Waals surface area contributed by atoms with Crippen molar-refractivity contribution < 1.29 is 42.9 Å². The molecule has 2 atom stereocenters. The number of benzene rings is 2. The highest BCUT2D eigenvalue weighted by atomic mass is 16.5. The Balaban J connectivity index is 2.08. The number of ketones is 4. The topological polar surface area (TPSA) is 327 Å². The summed E-state index contributed by atoms with van der Waals surface area (Å²) in [6.07, 6.45) is 3.71.